The quantitative estimate of drug-likeness (QED) is 0.530. The summed E-state index contributed by atoms with van der Waals surface area (Å²) in [5.41, 5.74) is 4.83. The predicted octanol–water partition coefficient (Wildman–Crippen LogP) is 4.46. The molecule has 7 nitrogen and oxygen atoms in total. The highest BCUT2D eigenvalue weighted by molar-refractivity contribution is 6.18. The summed E-state index contributed by atoms with van der Waals surface area (Å²) in [5.74, 6) is -1.80. The van der Waals surface area contributed by atoms with Gasteiger partial charge in [0.25, 0.3) is 0 Å². The normalized spacial score (nSPS) is 14.5. The molecule has 0 spiro atoms. The van der Waals surface area contributed by atoms with Gasteiger partial charge in [-0.25, -0.2) is 19.2 Å². The van der Waals surface area contributed by atoms with Crippen LogP contribution in [0, 0.1) is 27.7 Å². The first-order chi connectivity index (χ1) is 14.6. The van der Waals surface area contributed by atoms with Gasteiger partial charge in [0, 0.05) is 11.1 Å². The van der Waals surface area contributed by atoms with Crippen LogP contribution in [0.4, 0.5) is 0 Å². The maximum Gasteiger partial charge on any atom is 0.347 e. The Morgan fingerprint density at radius 3 is 1.19 bits per heavy atom. The van der Waals surface area contributed by atoms with Gasteiger partial charge in [0.05, 0.1) is 22.3 Å². The average molecular weight is 422 g/mol. The Kier molecular flexibility index (Phi) is 4.72. The summed E-state index contributed by atoms with van der Waals surface area (Å²) >= 11 is 0. The Labute approximate surface area is 179 Å². The summed E-state index contributed by atoms with van der Waals surface area (Å²) in [4.78, 5) is 49.2. The molecule has 0 N–H and O–H groups in total. The fraction of sp³-hybridized carbons (Fsp3) is 0.333. The molecule has 0 radical (unpaired) electrons. The molecule has 2 aliphatic heterocycles. The lowest BCUT2D eigenvalue weighted by molar-refractivity contribution is 0.0425. The van der Waals surface area contributed by atoms with Gasteiger partial charge in [-0.1, -0.05) is 13.8 Å². The van der Waals surface area contributed by atoms with Gasteiger partial charge in [-0.2, -0.15) is 0 Å². The Hall–Kier alpha value is -3.48. The molecular formula is C24H22O7. The van der Waals surface area contributed by atoms with E-state index in [4.69, 9.17) is 14.2 Å². The topological polar surface area (TPSA) is 96.0 Å². The van der Waals surface area contributed by atoms with Crippen molar-refractivity contribution in [3.63, 3.8) is 0 Å². The van der Waals surface area contributed by atoms with E-state index in [1.165, 1.54) is 0 Å². The van der Waals surface area contributed by atoms with E-state index in [2.05, 4.69) is 0 Å². The number of ether oxygens (including phenoxy) is 3. The maximum atomic E-state index is 12.4. The number of rotatable bonds is 4. The predicted molar refractivity (Wildman–Crippen MR) is 110 cm³/mol. The van der Waals surface area contributed by atoms with Crippen molar-refractivity contribution in [3.8, 4) is 11.5 Å². The SMILES string of the molecule is CCc1c(C)c(Oc2c(C)c(CC)c3c(c2C)C(=O)OC3=O)c(C)c2c1C(=O)OC2=O. The minimum absolute atomic E-state index is 0.212. The molecule has 0 bridgehead atoms. The van der Waals surface area contributed by atoms with E-state index in [0.717, 1.165) is 11.1 Å². The highest BCUT2D eigenvalue weighted by atomic mass is 16.6. The number of cyclic esters (lactones) is 4. The summed E-state index contributed by atoms with van der Waals surface area (Å²) in [6.45, 7) is 10.8. The van der Waals surface area contributed by atoms with Crippen LogP contribution in [0.2, 0.25) is 0 Å². The summed E-state index contributed by atoms with van der Waals surface area (Å²) in [5, 5.41) is 0. The molecule has 0 atom stereocenters. The standard InChI is InChI=1S/C24H22O7/c1-7-13-9(3)19(11(5)15-17(13)23(27)30-21(15)25)29-20-10(4)14(8-2)18-16(12(20)6)22(26)31-24(18)28/h7-8H2,1-6H3. The van der Waals surface area contributed by atoms with Crippen LogP contribution in [0.25, 0.3) is 0 Å². The Morgan fingerprint density at radius 1 is 0.548 bits per heavy atom. The number of carbonyl (C=O) groups is 4. The third kappa shape index (κ3) is 2.72. The molecule has 2 aromatic carbocycles. The molecule has 2 aliphatic rings. The number of benzene rings is 2. The number of carbonyl (C=O) groups excluding carboxylic acids is 4. The highest BCUT2D eigenvalue weighted by Gasteiger charge is 2.39. The van der Waals surface area contributed by atoms with Crippen molar-refractivity contribution in [2.24, 2.45) is 0 Å². The van der Waals surface area contributed by atoms with Crippen molar-refractivity contribution in [3.05, 3.63) is 55.6 Å². The van der Waals surface area contributed by atoms with E-state index < -0.39 is 23.9 Å². The monoisotopic (exact) mass is 422 g/mol. The molecule has 2 aromatic rings. The maximum absolute atomic E-state index is 12.4. The summed E-state index contributed by atoms with van der Waals surface area (Å²) in [7, 11) is 0. The fourth-order valence-electron chi connectivity index (χ4n) is 4.74. The molecule has 4 rings (SSSR count). The second-order valence-electron chi connectivity index (χ2n) is 7.78. The van der Waals surface area contributed by atoms with Crippen LogP contribution in [-0.2, 0) is 22.3 Å². The molecule has 2 heterocycles. The van der Waals surface area contributed by atoms with Crippen molar-refractivity contribution >= 4 is 23.9 Å². The second kappa shape index (κ2) is 7.04. The van der Waals surface area contributed by atoms with Crippen molar-refractivity contribution < 1.29 is 33.4 Å². The summed E-state index contributed by atoms with van der Waals surface area (Å²) in [6, 6.07) is 0. The van der Waals surface area contributed by atoms with E-state index in [-0.39, 0.29) is 11.1 Å². The molecule has 0 saturated heterocycles. The van der Waals surface area contributed by atoms with E-state index in [1.807, 2.05) is 27.7 Å². The zero-order valence-corrected chi connectivity index (χ0v) is 18.3. The van der Waals surface area contributed by atoms with Crippen molar-refractivity contribution in [2.45, 2.75) is 54.4 Å². The van der Waals surface area contributed by atoms with Gasteiger partial charge in [-0.15, -0.1) is 0 Å². The van der Waals surface area contributed by atoms with Gasteiger partial charge in [-0.3, -0.25) is 0 Å². The van der Waals surface area contributed by atoms with Crippen LogP contribution in [0.1, 0.15) is 88.7 Å². The summed E-state index contributed by atoms with van der Waals surface area (Å²) < 4.78 is 16.1. The van der Waals surface area contributed by atoms with Crippen LogP contribution < -0.4 is 4.74 Å². The molecule has 0 amide bonds. The van der Waals surface area contributed by atoms with Gasteiger partial charge in [0.15, 0.2) is 0 Å². The van der Waals surface area contributed by atoms with Crippen LogP contribution in [0.5, 0.6) is 11.5 Å². The lowest BCUT2D eigenvalue weighted by atomic mass is 9.90. The third-order valence-electron chi connectivity index (χ3n) is 6.22. The fourth-order valence-corrected chi connectivity index (χ4v) is 4.74. The van der Waals surface area contributed by atoms with Crippen LogP contribution in [0.3, 0.4) is 0 Å². The Morgan fingerprint density at radius 2 is 0.871 bits per heavy atom. The van der Waals surface area contributed by atoms with Crippen molar-refractivity contribution in [1.29, 1.82) is 0 Å². The zero-order valence-electron chi connectivity index (χ0n) is 18.3. The van der Waals surface area contributed by atoms with E-state index in [0.29, 0.717) is 57.7 Å². The third-order valence-corrected chi connectivity index (χ3v) is 6.22. The molecule has 0 fully saturated rings. The number of hydrogen-bond donors (Lipinski definition) is 0. The van der Waals surface area contributed by atoms with Gasteiger partial charge in [0.2, 0.25) is 0 Å². The van der Waals surface area contributed by atoms with Crippen LogP contribution >= 0.6 is 0 Å². The molecule has 0 aliphatic carbocycles. The Bertz CT molecular complexity index is 1140. The number of fused-ring (bicyclic) bond motifs is 2. The van der Waals surface area contributed by atoms with Gasteiger partial charge in [0.1, 0.15) is 11.5 Å². The highest BCUT2D eigenvalue weighted by Crippen LogP contribution is 2.44. The van der Waals surface area contributed by atoms with Crippen LogP contribution in [-0.4, -0.2) is 23.9 Å². The van der Waals surface area contributed by atoms with E-state index >= 15 is 0 Å². The molecule has 31 heavy (non-hydrogen) atoms. The lowest BCUT2D eigenvalue weighted by Gasteiger charge is -2.21. The average Bonchev–Trinajstić information content (AvgIpc) is 3.17. The first kappa shape index (κ1) is 20.8. The molecule has 0 aromatic heterocycles. The smallest absolute Gasteiger partial charge is 0.347 e. The minimum atomic E-state index is -0.692. The van der Waals surface area contributed by atoms with Gasteiger partial charge >= 0.3 is 23.9 Å². The molecule has 7 heteroatoms. The molecular weight excluding hydrogens is 400 g/mol. The molecule has 0 unspecified atom stereocenters. The summed E-state index contributed by atoms with van der Waals surface area (Å²) in [6.07, 6.45) is 1.02. The van der Waals surface area contributed by atoms with Gasteiger partial charge in [-0.05, 0) is 62.8 Å². The van der Waals surface area contributed by atoms with E-state index in [1.54, 1.807) is 13.8 Å². The van der Waals surface area contributed by atoms with Crippen molar-refractivity contribution in [1.82, 2.24) is 0 Å². The largest absolute Gasteiger partial charge is 0.456 e. The minimum Gasteiger partial charge on any atom is -0.456 e. The van der Waals surface area contributed by atoms with Crippen molar-refractivity contribution in [2.75, 3.05) is 0 Å². The Balaban J connectivity index is 1.99. The lowest BCUT2D eigenvalue weighted by Crippen LogP contribution is -2.10. The second-order valence-corrected chi connectivity index (χ2v) is 7.78. The first-order valence-electron chi connectivity index (χ1n) is 10.2. The van der Waals surface area contributed by atoms with Crippen LogP contribution in [0.15, 0.2) is 0 Å². The first-order valence-corrected chi connectivity index (χ1v) is 10.2. The van der Waals surface area contributed by atoms with E-state index in [9.17, 15) is 19.2 Å². The van der Waals surface area contributed by atoms with Gasteiger partial charge < -0.3 is 14.2 Å². The molecule has 160 valence electrons. The molecule has 0 saturated carbocycles. The zero-order chi connectivity index (χ0) is 22.8. The number of esters is 4. The number of hydrogen-bond acceptors (Lipinski definition) is 7.